The van der Waals surface area contributed by atoms with Gasteiger partial charge in [-0.05, 0) is 31.0 Å². The second-order valence-electron chi connectivity index (χ2n) is 6.56. The third-order valence-corrected chi connectivity index (χ3v) is 7.25. The van der Waals surface area contributed by atoms with Crippen LogP contribution >= 0.6 is 11.3 Å². The highest BCUT2D eigenvalue weighted by atomic mass is 32.2. The number of thiazole rings is 1. The Morgan fingerprint density at radius 3 is 2.79 bits per heavy atom. The average Bonchev–Trinajstić information content (AvgIpc) is 3.36. The van der Waals surface area contributed by atoms with Gasteiger partial charge in [0.2, 0.25) is 15.9 Å². The van der Waals surface area contributed by atoms with E-state index in [2.05, 4.69) is 20.6 Å². The molecule has 0 aliphatic carbocycles. The minimum absolute atomic E-state index is 0.164. The highest BCUT2D eigenvalue weighted by Crippen LogP contribution is 2.23. The minimum Gasteiger partial charge on any atom is -0.302 e. The van der Waals surface area contributed by atoms with Gasteiger partial charge in [-0.15, -0.1) is 16.4 Å². The summed E-state index contributed by atoms with van der Waals surface area (Å²) in [5, 5.41) is 13.2. The Morgan fingerprint density at radius 2 is 2.04 bits per heavy atom. The number of carbonyl (C=O) groups is 1. The van der Waals surface area contributed by atoms with Crippen molar-refractivity contribution < 1.29 is 13.2 Å². The number of hydrogen-bond acceptors (Lipinski definition) is 7. The summed E-state index contributed by atoms with van der Waals surface area (Å²) >= 11 is 1.35. The Hall–Kier alpha value is -2.37. The van der Waals surface area contributed by atoms with Crippen molar-refractivity contribution in [3.8, 4) is 0 Å². The monoisotopic (exact) mass is 420 g/mol. The molecule has 1 N–H and O–H groups in total. The van der Waals surface area contributed by atoms with Gasteiger partial charge in [0.25, 0.3) is 0 Å². The fourth-order valence-corrected chi connectivity index (χ4v) is 5.29. The van der Waals surface area contributed by atoms with Gasteiger partial charge in [0.15, 0.2) is 5.13 Å². The van der Waals surface area contributed by atoms with Crippen LogP contribution in [0.5, 0.6) is 0 Å². The van der Waals surface area contributed by atoms with Crippen molar-refractivity contribution in [2.24, 2.45) is 0 Å². The van der Waals surface area contributed by atoms with Gasteiger partial charge in [0, 0.05) is 31.1 Å². The summed E-state index contributed by atoms with van der Waals surface area (Å²) in [5.74, 6) is -0.164. The molecule has 0 spiro atoms. The molecule has 3 heterocycles. The van der Waals surface area contributed by atoms with Crippen LogP contribution in [0.4, 0.5) is 5.13 Å². The third kappa shape index (κ3) is 3.91. The number of fused-ring (bicyclic) bond motifs is 1. The number of benzene rings is 1. The lowest BCUT2D eigenvalue weighted by atomic mass is 10.2. The Labute approximate surface area is 166 Å². The topological polar surface area (TPSA) is 110 Å². The number of amides is 1. The summed E-state index contributed by atoms with van der Waals surface area (Å²) in [7, 11) is -3.51. The number of sulfonamides is 1. The number of piperidine rings is 1. The molecular weight excluding hydrogens is 400 g/mol. The number of rotatable bonds is 6. The van der Waals surface area contributed by atoms with Gasteiger partial charge in [-0.3, -0.25) is 4.79 Å². The Kier molecular flexibility index (Phi) is 5.38. The summed E-state index contributed by atoms with van der Waals surface area (Å²) in [5.41, 5.74) is 1.19. The Balaban J connectivity index is 1.47. The first-order valence-corrected chi connectivity index (χ1v) is 11.4. The molecule has 0 saturated carbocycles. The lowest BCUT2D eigenvalue weighted by Crippen LogP contribution is -2.35. The summed E-state index contributed by atoms with van der Waals surface area (Å²) < 4.78 is 28.8. The molecule has 11 heteroatoms. The molecule has 1 aromatic carbocycles. The van der Waals surface area contributed by atoms with Gasteiger partial charge in [-0.2, -0.15) is 4.31 Å². The van der Waals surface area contributed by atoms with Crippen LogP contribution in [0.25, 0.3) is 11.0 Å². The van der Waals surface area contributed by atoms with E-state index in [0.717, 1.165) is 19.3 Å². The second kappa shape index (κ2) is 7.94. The van der Waals surface area contributed by atoms with Gasteiger partial charge in [-0.1, -0.05) is 11.6 Å². The van der Waals surface area contributed by atoms with Crippen molar-refractivity contribution in [1.29, 1.82) is 0 Å². The van der Waals surface area contributed by atoms with Crippen molar-refractivity contribution in [1.82, 2.24) is 24.3 Å². The van der Waals surface area contributed by atoms with E-state index in [9.17, 15) is 13.2 Å². The van der Waals surface area contributed by atoms with E-state index in [1.807, 2.05) is 0 Å². The van der Waals surface area contributed by atoms with Crippen LogP contribution in [0.1, 0.15) is 25.7 Å². The number of hydrogen-bond donors (Lipinski definition) is 1. The lowest BCUT2D eigenvalue weighted by Gasteiger charge is -2.25. The highest BCUT2D eigenvalue weighted by molar-refractivity contribution is 7.89. The largest absolute Gasteiger partial charge is 0.302 e. The molecule has 3 aromatic rings. The molecule has 28 heavy (non-hydrogen) atoms. The highest BCUT2D eigenvalue weighted by Gasteiger charge is 2.26. The van der Waals surface area contributed by atoms with Crippen molar-refractivity contribution in [3.05, 3.63) is 29.8 Å². The molecular formula is C17H20N6O3S2. The van der Waals surface area contributed by atoms with Crippen LogP contribution < -0.4 is 5.32 Å². The summed E-state index contributed by atoms with van der Waals surface area (Å²) in [6.07, 6.45) is 4.68. The van der Waals surface area contributed by atoms with Gasteiger partial charge in [0.1, 0.15) is 5.52 Å². The van der Waals surface area contributed by atoms with Gasteiger partial charge in [-0.25, -0.2) is 18.1 Å². The number of aryl methyl sites for hydroxylation is 1. The van der Waals surface area contributed by atoms with E-state index >= 15 is 0 Å². The number of carbonyl (C=O) groups excluding carboxylic acids is 1. The van der Waals surface area contributed by atoms with E-state index < -0.39 is 10.0 Å². The lowest BCUT2D eigenvalue weighted by molar-refractivity contribution is -0.116. The van der Waals surface area contributed by atoms with Gasteiger partial charge >= 0.3 is 0 Å². The number of nitrogens with one attached hydrogen (secondary N) is 1. The molecule has 4 rings (SSSR count). The molecule has 0 radical (unpaired) electrons. The number of anilines is 1. The maximum absolute atomic E-state index is 12.8. The van der Waals surface area contributed by atoms with Crippen LogP contribution in [0.2, 0.25) is 0 Å². The quantitative estimate of drug-likeness (QED) is 0.654. The first-order chi connectivity index (χ1) is 13.5. The van der Waals surface area contributed by atoms with Crippen LogP contribution in [0.15, 0.2) is 34.7 Å². The van der Waals surface area contributed by atoms with Crippen molar-refractivity contribution in [2.75, 3.05) is 18.4 Å². The fourth-order valence-electron chi connectivity index (χ4n) is 3.21. The van der Waals surface area contributed by atoms with Crippen molar-refractivity contribution >= 4 is 43.4 Å². The second-order valence-corrected chi connectivity index (χ2v) is 9.40. The van der Waals surface area contributed by atoms with E-state index in [1.165, 1.54) is 15.6 Å². The Morgan fingerprint density at radius 1 is 1.21 bits per heavy atom. The zero-order chi connectivity index (χ0) is 19.6. The van der Waals surface area contributed by atoms with Crippen LogP contribution in [-0.2, 0) is 21.4 Å². The molecule has 1 aliphatic rings. The first-order valence-electron chi connectivity index (χ1n) is 9.07. The van der Waals surface area contributed by atoms with E-state index in [4.69, 9.17) is 0 Å². The predicted octanol–water partition coefficient (Wildman–Crippen LogP) is 2.09. The van der Waals surface area contributed by atoms with E-state index in [-0.39, 0.29) is 17.2 Å². The first kappa shape index (κ1) is 19.0. The maximum atomic E-state index is 12.8. The zero-order valence-corrected chi connectivity index (χ0v) is 16.7. The normalized spacial score (nSPS) is 15.7. The summed E-state index contributed by atoms with van der Waals surface area (Å²) in [4.78, 5) is 16.3. The molecule has 0 unspecified atom stereocenters. The smallest absolute Gasteiger partial charge is 0.243 e. The van der Waals surface area contributed by atoms with Crippen molar-refractivity contribution in [2.45, 2.75) is 37.1 Å². The Bertz CT molecular complexity index is 1070. The minimum atomic E-state index is -3.51. The van der Waals surface area contributed by atoms with Crippen LogP contribution in [-0.4, -0.2) is 51.7 Å². The van der Waals surface area contributed by atoms with Gasteiger partial charge < -0.3 is 5.32 Å². The van der Waals surface area contributed by atoms with E-state index in [1.54, 1.807) is 34.5 Å². The zero-order valence-electron chi connectivity index (χ0n) is 15.1. The predicted molar refractivity (Wildman–Crippen MR) is 105 cm³/mol. The molecule has 0 atom stereocenters. The summed E-state index contributed by atoms with van der Waals surface area (Å²) in [6, 6.07) is 4.84. The van der Waals surface area contributed by atoms with Crippen molar-refractivity contribution in [3.63, 3.8) is 0 Å². The summed E-state index contributed by atoms with van der Waals surface area (Å²) in [6.45, 7) is 1.45. The molecule has 1 saturated heterocycles. The fraction of sp³-hybridized carbons (Fsp3) is 0.412. The molecule has 9 nitrogen and oxygen atoms in total. The molecule has 1 amide bonds. The third-order valence-electron chi connectivity index (χ3n) is 4.67. The molecule has 2 aromatic heterocycles. The van der Waals surface area contributed by atoms with Crippen LogP contribution in [0, 0.1) is 0 Å². The number of aromatic nitrogens is 4. The van der Waals surface area contributed by atoms with Crippen LogP contribution in [0.3, 0.4) is 0 Å². The maximum Gasteiger partial charge on any atom is 0.243 e. The molecule has 0 bridgehead atoms. The van der Waals surface area contributed by atoms with E-state index in [0.29, 0.717) is 35.8 Å². The molecule has 148 valence electrons. The standard InChI is InChI=1S/C17H20N6O3S2/c24-16(19-17-18-7-11-27-17)6-10-23-15-5-4-13(12-14(15)20-21-23)28(25,26)22-8-2-1-3-9-22/h4-5,7,11-12H,1-3,6,8-10H2,(H,18,19,24). The van der Waals surface area contributed by atoms with Gasteiger partial charge in [0.05, 0.1) is 17.0 Å². The SMILES string of the molecule is O=C(CCn1nnc2cc(S(=O)(=O)N3CCCCC3)ccc21)Nc1nccs1. The number of nitrogens with zero attached hydrogens (tertiary/aromatic N) is 5. The molecule has 1 fully saturated rings. The average molecular weight is 421 g/mol. The molecule has 1 aliphatic heterocycles.